The van der Waals surface area contributed by atoms with Crippen LogP contribution in [-0.2, 0) is 38.0 Å². The first-order valence-electron chi connectivity index (χ1n) is 13.9. The average Bonchev–Trinajstić information content (AvgIpc) is 3.24. The SMILES string of the molecule is Cc1ccc(-c2ccc(C34CC5CC(CC(C5)C3)C4)cc2)c2cc(CC3CCCCC3)[cH-]c12.[Zr]. The molecule has 176 valence electrons. The maximum absolute atomic E-state index is 2.53. The van der Waals surface area contributed by atoms with Crippen LogP contribution in [0.25, 0.3) is 21.9 Å². The van der Waals surface area contributed by atoms with Crippen LogP contribution in [0.2, 0.25) is 0 Å². The Morgan fingerprint density at radius 2 is 1.47 bits per heavy atom. The number of fused-ring (bicyclic) bond motifs is 1. The van der Waals surface area contributed by atoms with Gasteiger partial charge in [-0.05, 0) is 85.2 Å². The third kappa shape index (κ3) is 4.03. The third-order valence-electron chi connectivity index (χ3n) is 10.3. The van der Waals surface area contributed by atoms with Crippen molar-refractivity contribution in [2.24, 2.45) is 23.7 Å². The fourth-order valence-corrected chi connectivity index (χ4v) is 9.07. The maximum Gasteiger partial charge on any atom is 0 e. The molecule has 5 aliphatic rings. The summed E-state index contributed by atoms with van der Waals surface area (Å²) in [5.41, 5.74) is 7.98. The minimum absolute atomic E-state index is 0. The van der Waals surface area contributed by atoms with Crippen molar-refractivity contribution in [2.75, 3.05) is 0 Å². The van der Waals surface area contributed by atoms with Crippen molar-refractivity contribution < 1.29 is 26.2 Å². The van der Waals surface area contributed by atoms with Gasteiger partial charge in [0.15, 0.2) is 0 Å². The van der Waals surface area contributed by atoms with Crippen LogP contribution >= 0.6 is 0 Å². The zero-order valence-corrected chi connectivity index (χ0v) is 23.4. The molecule has 0 heterocycles. The maximum atomic E-state index is 2.53. The summed E-state index contributed by atoms with van der Waals surface area (Å²) in [7, 11) is 0. The van der Waals surface area contributed by atoms with E-state index in [4.69, 9.17) is 0 Å². The second-order valence-electron chi connectivity index (χ2n) is 12.6. The molecule has 34 heavy (non-hydrogen) atoms. The van der Waals surface area contributed by atoms with E-state index in [1.165, 1.54) is 105 Å². The van der Waals surface area contributed by atoms with E-state index in [0.29, 0.717) is 5.41 Å². The van der Waals surface area contributed by atoms with E-state index in [-0.39, 0.29) is 26.2 Å². The molecule has 5 fully saturated rings. The van der Waals surface area contributed by atoms with E-state index >= 15 is 0 Å². The van der Waals surface area contributed by atoms with Crippen LogP contribution in [0.4, 0.5) is 0 Å². The third-order valence-corrected chi connectivity index (χ3v) is 10.3. The van der Waals surface area contributed by atoms with Crippen molar-refractivity contribution in [1.29, 1.82) is 0 Å². The molecule has 0 nitrogen and oxygen atoms in total. The summed E-state index contributed by atoms with van der Waals surface area (Å²) < 4.78 is 0. The van der Waals surface area contributed by atoms with Gasteiger partial charge in [-0.3, -0.25) is 0 Å². The molecule has 8 rings (SSSR count). The van der Waals surface area contributed by atoms with Crippen LogP contribution in [0.1, 0.15) is 87.3 Å². The Labute approximate surface area is 225 Å². The summed E-state index contributed by atoms with van der Waals surface area (Å²) in [6.07, 6.45) is 17.4. The molecule has 3 aromatic rings. The van der Waals surface area contributed by atoms with Gasteiger partial charge in [0.05, 0.1) is 0 Å². The molecule has 4 bridgehead atoms. The first-order chi connectivity index (χ1) is 16.1. The number of rotatable bonds is 4. The zero-order valence-electron chi connectivity index (χ0n) is 20.9. The van der Waals surface area contributed by atoms with Crippen molar-refractivity contribution >= 4 is 10.8 Å². The molecule has 3 aromatic carbocycles. The molecule has 0 spiro atoms. The molecule has 0 saturated heterocycles. The molecule has 0 atom stereocenters. The molecular weight excluding hydrogens is 488 g/mol. The summed E-state index contributed by atoms with van der Waals surface area (Å²) in [4.78, 5) is 0. The summed E-state index contributed by atoms with van der Waals surface area (Å²) >= 11 is 0. The summed E-state index contributed by atoms with van der Waals surface area (Å²) in [6.45, 7) is 2.28. The monoisotopic (exact) mass is 525 g/mol. The fraction of sp³-hybridized carbons (Fsp3) is 0.545. The van der Waals surface area contributed by atoms with E-state index in [2.05, 4.69) is 55.5 Å². The van der Waals surface area contributed by atoms with Gasteiger partial charge < -0.3 is 0 Å². The predicted molar refractivity (Wildman–Crippen MR) is 140 cm³/mol. The molecule has 0 unspecified atom stereocenters. The fourth-order valence-electron chi connectivity index (χ4n) is 9.07. The van der Waals surface area contributed by atoms with Gasteiger partial charge in [-0.15, -0.1) is 34.0 Å². The first kappa shape index (κ1) is 23.3. The van der Waals surface area contributed by atoms with Gasteiger partial charge in [0.25, 0.3) is 0 Å². The average molecular weight is 527 g/mol. The van der Waals surface area contributed by atoms with E-state index < -0.39 is 0 Å². The number of aryl methyl sites for hydroxylation is 1. The van der Waals surface area contributed by atoms with Crippen LogP contribution in [0.3, 0.4) is 0 Å². The van der Waals surface area contributed by atoms with Gasteiger partial charge in [-0.1, -0.05) is 74.9 Å². The Bertz CT molecular complexity index is 1120. The van der Waals surface area contributed by atoms with Crippen molar-refractivity contribution in [3.05, 3.63) is 65.2 Å². The number of hydrogen-bond acceptors (Lipinski definition) is 0. The second-order valence-corrected chi connectivity index (χ2v) is 12.6. The normalized spacial score (nSPS) is 30.6. The van der Waals surface area contributed by atoms with Crippen LogP contribution < -0.4 is 0 Å². The minimum atomic E-state index is 0. The molecule has 5 saturated carbocycles. The van der Waals surface area contributed by atoms with E-state index in [1.54, 1.807) is 11.1 Å². The Morgan fingerprint density at radius 3 is 2.12 bits per heavy atom. The minimum Gasteiger partial charge on any atom is -0.164 e. The molecule has 0 N–H and O–H groups in total. The Balaban J connectivity index is 0.00000217. The van der Waals surface area contributed by atoms with E-state index in [0.717, 1.165) is 23.7 Å². The first-order valence-corrected chi connectivity index (χ1v) is 13.9. The molecule has 0 aromatic heterocycles. The van der Waals surface area contributed by atoms with Crippen LogP contribution in [0, 0.1) is 30.6 Å². The number of benzene rings is 2. The quantitative estimate of drug-likeness (QED) is 0.297. The van der Waals surface area contributed by atoms with Gasteiger partial charge in [-0.25, -0.2) is 0 Å². The van der Waals surface area contributed by atoms with Crippen molar-refractivity contribution in [3.8, 4) is 11.1 Å². The van der Waals surface area contributed by atoms with Crippen LogP contribution in [0.5, 0.6) is 0 Å². The van der Waals surface area contributed by atoms with Crippen molar-refractivity contribution in [1.82, 2.24) is 0 Å². The van der Waals surface area contributed by atoms with E-state index in [1.807, 2.05) is 0 Å². The molecule has 1 heteroatoms. The largest absolute Gasteiger partial charge is 0.164 e. The van der Waals surface area contributed by atoms with E-state index in [9.17, 15) is 0 Å². The zero-order chi connectivity index (χ0) is 22.0. The summed E-state index contributed by atoms with van der Waals surface area (Å²) in [6, 6.07) is 19.7. The topological polar surface area (TPSA) is 0 Å². The smallest absolute Gasteiger partial charge is 0 e. The summed E-state index contributed by atoms with van der Waals surface area (Å²) in [5.74, 6) is 3.94. The number of hydrogen-bond donors (Lipinski definition) is 0. The summed E-state index contributed by atoms with van der Waals surface area (Å²) in [5, 5.41) is 2.95. The van der Waals surface area contributed by atoms with Gasteiger partial charge >= 0.3 is 0 Å². The molecule has 0 aliphatic heterocycles. The van der Waals surface area contributed by atoms with Crippen LogP contribution in [-0.4, -0.2) is 0 Å². The van der Waals surface area contributed by atoms with Gasteiger partial charge in [0.1, 0.15) is 0 Å². The second kappa shape index (κ2) is 9.10. The standard InChI is InChI=1S/C33H39.Zr/c1-22-7-12-30(32-18-24(17-31(22)32)13-23-5-3-2-4-6-23)28-8-10-29(11-9-28)33-19-25-14-26(20-33)16-27(15-25)21-33;/h7-12,17-18,23,25-27H,2-6,13-16,19-21H2,1H3;/q-1;. The Hall–Kier alpha value is -1.07. The van der Waals surface area contributed by atoms with Crippen LogP contribution in [0.15, 0.2) is 48.5 Å². The van der Waals surface area contributed by atoms with Crippen molar-refractivity contribution in [3.63, 3.8) is 0 Å². The van der Waals surface area contributed by atoms with Gasteiger partial charge in [0.2, 0.25) is 0 Å². The molecule has 0 amide bonds. The van der Waals surface area contributed by atoms with Gasteiger partial charge in [0, 0.05) is 26.2 Å². The Kier molecular flexibility index (Phi) is 6.25. The Morgan fingerprint density at radius 1 is 0.824 bits per heavy atom. The molecular formula is C33H39Zr-. The molecule has 0 radical (unpaired) electrons. The molecule has 5 aliphatic carbocycles. The van der Waals surface area contributed by atoms with Gasteiger partial charge in [-0.2, -0.15) is 6.07 Å². The predicted octanol–water partition coefficient (Wildman–Crippen LogP) is 9.12. The van der Waals surface area contributed by atoms with Crippen molar-refractivity contribution in [2.45, 2.75) is 89.4 Å².